The monoisotopic (exact) mass is 356 g/mol. The van der Waals surface area contributed by atoms with Crippen molar-refractivity contribution in [3.05, 3.63) is 72.1 Å². The number of ether oxygens (including phenoxy) is 1. The van der Waals surface area contributed by atoms with Gasteiger partial charge in [0.05, 0.1) is 38.4 Å². The van der Waals surface area contributed by atoms with E-state index < -0.39 is 0 Å². The molecule has 25 heavy (non-hydrogen) atoms. The summed E-state index contributed by atoms with van der Waals surface area (Å²) in [5.41, 5.74) is 1.95. The number of nitrogens with zero attached hydrogens (tertiary/aromatic N) is 1. The first-order valence-corrected chi connectivity index (χ1v) is 8.32. The van der Waals surface area contributed by atoms with Gasteiger partial charge in [-0.25, -0.2) is 0 Å². The van der Waals surface area contributed by atoms with Gasteiger partial charge in [0.1, 0.15) is 17.3 Å². The summed E-state index contributed by atoms with van der Waals surface area (Å²) < 4.78 is 16.3. The van der Waals surface area contributed by atoms with Crippen LogP contribution in [0.2, 0.25) is 0 Å². The molecule has 0 amide bonds. The Morgan fingerprint density at radius 1 is 1.08 bits per heavy atom. The summed E-state index contributed by atoms with van der Waals surface area (Å²) in [7, 11) is 1.64. The Morgan fingerprint density at radius 2 is 1.72 bits per heavy atom. The lowest BCUT2D eigenvalue weighted by molar-refractivity contribution is 0.329. The normalized spacial score (nSPS) is 10.5. The van der Waals surface area contributed by atoms with Crippen LogP contribution < -0.4 is 10.1 Å². The zero-order valence-electron chi connectivity index (χ0n) is 14.2. The van der Waals surface area contributed by atoms with Crippen LogP contribution in [0, 0.1) is 6.92 Å². The second-order valence-electron chi connectivity index (χ2n) is 5.65. The van der Waals surface area contributed by atoms with Gasteiger partial charge in [0, 0.05) is 0 Å². The Labute approximate surface area is 152 Å². The van der Waals surface area contributed by atoms with Crippen LogP contribution in [0.3, 0.4) is 0 Å². The van der Waals surface area contributed by atoms with Gasteiger partial charge < -0.3 is 23.8 Å². The largest absolute Gasteiger partial charge is 0.495 e. The van der Waals surface area contributed by atoms with Crippen molar-refractivity contribution in [3.63, 3.8) is 0 Å². The van der Waals surface area contributed by atoms with Crippen LogP contribution in [-0.4, -0.2) is 17.1 Å². The molecule has 3 aromatic rings. The summed E-state index contributed by atoms with van der Waals surface area (Å²) in [6, 6.07) is 13.5. The summed E-state index contributed by atoms with van der Waals surface area (Å²) in [5, 5.41) is 3.84. The molecule has 0 aliphatic rings. The van der Waals surface area contributed by atoms with Gasteiger partial charge in [-0.2, -0.15) is 0 Å². The average Bonchev–Trinajstić information content (AvgIpc) is 3.28. The van der Waals surface area contributed by atoms with Crippen LogP contribution in [0.5, 0.6) is 5.75 Å². The van der Waals surface area contributed by atoms with E-state index >= 15 is 0 Å². The van der Waals surface area contributed by atoms with Gasteiger partial charge in [-0.15, -0.1) is 0 Å². The van der Waals surface area contributed by atoms with Gasteiger partial charge in [0.2, 0.25) is 0 Å². The highest BCUT2D eigenvalue weighted by Gasteiger charge is 2.16. The van der Waals surface area contributed by atoms with Gasteiger partial charge in [0.25, 0.3) is 0 Å². The van der Waals surface area contributed by atoms with Gasteiger partial charge >= 0.3 is 0 Å². The molecular weight excluding hydrogens is 336 g/mol. The summed E-state index contributed by atoms with van der Waals surface area (Å²) in [6.07, 6.45) is 3.31. The fourth-order valence-electron chi connectivity index (χ4n) is 2.49. The number of nitrogens with one attached hydrogen (secondary N) is 1. The predicted molar refractivity (Wildman–Crippen MR) is 101 cm³/mol. The molecule has 0 unspecified atom stereocenters. The van der Waals surface area contributed by atoms with Crippen molar-refractivity contribution in [1.29, 1.82) is 0 Å². The third kappa shape index (κ3) is 4.42. The maximum atomic E-state index is 5.63. The van der Waals surface area contributed by atoms with Crippen molar-refractivity contribution in [2.75, 3.05) is 12.4 Å². The van der Waals surface area contributed by atoms with E-state index in [0.717, 1.165) is 28.5 Å². The molecule has 0 aliphatic carbocycles. The summed E-state index contributed by atoms with van der Waals surface area (Å²) in [6.45, 7) is 3.10. The number of hydrogen-bond acceptors (Lipinski definition) is 4. The molecule has 2 aromatic heterocycles. The third-order valence-electron chi connectivity index (χ3n) is 3.74. The van der Waals surface area contributed by atoms with Crippen molar-refractivity contribution in [2.45, 2.75) is 20.0 Å². The van der Waals surface area contributed by atoms with E-state index in [2.05, 4.69) is 5.32 Å². The maximum absolute atomic E-state index is 5.63. The summed E-state index contributed by atoms with van der Waals surface area (Å²) in [4.78, 5) is 1.98. The molecule has 3 rings (SSSR count). The summed E-state index contributed by atoms with van der Waals surface area (Å²) in [5.74, 6) is 2.39. The fraction of sp³-hybridized carbons (Fsp3) is 0.211. The minimum atomic E-state index is 0.535. The van der Waals surface area contributed by atoms with Crippen LogP contribution in [-0.2, 0) is 13.1 Å². The van der Waals surface area contributed by atoms with Crippen molar-refractivity contribution in [1.82, 2.24) is 4.90 Å². The van der Waals surface area contributed by atoms with E-state index in [9.17, 15) is 0 Å². The molecule has 0 fully saturated rings. The second-order valence-corrected chi connectivity index (χ2v) is 6.04. The fourth-order valence-corrected chi connectivity index (χ4v) is 2.73. The number of aryl methyl sites for hydroxylation is 1. The van der Waals surface area contributed by atoms with Gasteiger partial charge in [0.15, 0.2) is 5.11 Å². The molecule has 0 atom stereocenters. The quantitative estimate of drug-likeness (QED) is 0.652. The zero-order valence-corrected chi connectivity index (χ0v) is 15.0. The van der Waals surface area contributed by atoms with Crippen LogP contribution in [0.1, 0.15) is 17.1 Å². The highest BCUT2D eigenvalue weighted by atomic mass is 32.1. The zero-order chi connectivity index (χ0) is 17.6. The minimum absolute atomic E-state index is 0.535. The van der Waals surface area contributed by atoms with Crippen LogP contribution in [0.4, 0.5) is 5.69 Å². The first-order chi connectivity index (χ1) is 12.2. The lowest BCUT2D eigenvalue weighted by Gasteiger charge is -2.25. The van der Waals surface area contributed by atoms with E-state index in [1.807, 2.05) is 54.3 Å². The molecule has 0 bridgehead atoms. The standard InChI is InChI=1S/C19H20N2O3S/c1-14-7-8-18(22-2)17(11-14)20-19(25)21(12-15-5-3-9-23-15)13-16-6-4-10-24-16/h3-11H,12-13H2,1-2H3,(H,20,25). The third-order valence-corrected chi connectivity index (χ3v) is 4.10. The van der Waals surface area contributed by atoms with E-state index in [-0.39, 0.29) is 0 Å². The number of thiocarbonyl (C=S) groups is 1. The highest BCUT2D eigenvalue weighted by Crippen LogP contribution is 2.26. The Morgan fingerprint density at radius 3 is 2.24 bits per heavy atom. The van der Waals surface area contributed by atoms with E-state index in [1.165, 1.54) is 0 Å². The Kier molecular flexibility index (Phi) is 5.40. The number of rotatable bonds is 6. The lowest BCUT2D eigenvalue weighted by atomic mass is 10.2. The number of benzene rings is 1. The minimum Gasteiger partial charge on any atom is -0.495 e. The Hall–Kier alpha value is -2.73. The first kappa shape index (κ1) is 17.1. The highest BCUT2D eigenvalue weighted by molar-refractivity contribution is 7.80. The van der Waals surface area contributed by atoms with Crippen LogP contribution in [0.25, 0.3) is 0 Å². The van der Waals surface area contributed by atoms with Crippen LogP contribution >= 0.6 is 12.2 Å². The van der Waals surface area contributed by atoms with E-state index in [1.54, 1.807) is 19.6 Å². The van der Waals surface area contributed by atoms with E-state index in [4.69, 9.17) is 25.8 Å². The maximum Gasteiger partial charge on any atom is 0.174 e. The van der Waals surface area contributed by atoms with Crippen molar-refractivity contribution >= 4 is 23.0 Å². The van der Waals surface area contributed by atoms with E-state index in [0.29, 0.717) is 18.2 Å². The molecule has 1 N–H and O–H groups in total. The second kappa shape index (κ2) is 7.90. The first-order valence-electron chi connectivity index (χ1n) is 7.91. The Balaban J connectivity index is 1.79. The summed E-state index contributed by atoms with van der Waals surface area (Å²) >= 11 is 5.63. The number of furan rings is 2. The van der Waals surface area contributed by atoms with Gasteiger partial charge in [-0.05, 0) is 61.1 Å². The Bertz CT molecular complexity index is 777. The molecule has 0 spiro atoms. The molecule has 0 aliphatic heterocycles. The molecule has 2 heterocycles. The van der Waals surface area contributed by atoms with Crippen LogP contribution in [0.15, 0.2) is 63.8 Å². The van der Waals surface area contributed by atoms with Crippen molar-refractivity contribution in [3.8, 4) is 5.75 Å². The average molecular weight is 356 g/mol. The number of anilines is 1. The SMILES string of the molecule is COc1ccc(C)cc1NC(=S)N(Cc1ccco1)Cc1ccco1. The van der Waals surface area contributed by atoms with Crippen molar-refractivity contribution < 1.29 is 13.6 Å². The topological polar surface area (TPSA) is 50.8 Å². The molecule has 5 nitrogen and oxygen atoms in total. The van der Waals surface area contributed by atoms with Gasteiger partial charge in [-0.1, -0.05) is 6.07 Å². The number of methoxy groups -OCH3 is 1. The molecule has 130 valence electrons. The predicted octanol–water partition coefficient (Wildman–Crippen LogP) is 4.59. The smallest absolute Gasteiger partial charge is 0.174 e. The molecule has 0 saturated carbocycles. The van der Waals surface area contributed by atoms with Crippen molar-refractivity contribution in [2.24, 2.45) is 0 Å². The molecular formula is C19H20N2O3S. The number of hydrogen-bond donors (Lipinski definition) is 1. The molecule has 1 aromatic carbocycles. The molecule has 6 heteroatoms. The molecule has 0 saturated heterocycles. The molecule has 0 radical (unpaired) electrons. The van der Waals surface area contributed by atoms with Gasteiger partial charge in [-0.3, -0.25) is 0 Å². The lowest BCUT2D eigenvalue weighted by Crippen LogP contribution is -2.33.